The van der Waals surface area contributed by atoms with Gasteiger partial charge in [0.05, 0.1) is 24.8 Å². The Balaban J connectivity index is 2.41. The molecule has 6 nitrogen and oxygen atoms in total. The van der Waals surface area contributed by atoms with E-state index in [9.17, 15) is 18.0 Å². The molecule has 1 unspecified atom stereocenters. The molecule has 0 amide bonds. The highest BCUT2D eigenvalue weighted by Crippen LogP contribution is 2.30. The number of ether oxygens (including phenoxy) is 2. The fourth-order valence-electron chi connectivity index (χ4n) is 2.45. The molecular weight excluding hydrogens is 375 g/mol. The van der Waals surface area contributed by atoms with Gasteiger partial charge in [0.15, 0.2) is 5.82 Å². The molecule has 1 N–H and O–H groups in total. The second-order valence-corrected chi connectivity index (χ2v) is 5.96. The molecule has 0 radical (unpaired) electrons. The van der Waals surface area contributed by atoms with Gasteiger partial charge in [0.2, 0.25) is 0 Å². The van der Waals surface area contributed by atoms with Crippen molar-refractivity contribution in [3.63, 3.8) is 0 Å². The molecule has 0 aliphatic heterocycles. The molecule has 1 atom stereocenters. The minimum Gasteiger partial charge on any atom is -0.462 e. The van der Waals surface area contributed by atoms with Crippen molar-refractivity contribution >= 4 is 11.8 Å². The van der Waals surface area contributed by atoms with E-state index < -0.39 is 17.7 Å². The number of hydrogen-bond acceptors (Lipinski definition) is 6. The number of esters is 1. The minimum atomic E-state index is -4.42. The lowest BCUT2D eigenvalue weighted by Gasteiger charge is -2.19. The topological polar surface area (TPSA) is 73.3 Å². The number of anilines is 1. The number of nitrogens with one attached hydrogen (secondary N) is 1. The summed E-state index contributed by atoms with van der Waals surface area (Å²) in [6.07, 6.45) is -2.41. The predicted octanol–water partition coefficient (Wildman–Crippen LogP) is 4.18. The van der Waals surface area contributed by atoms with Crippen LogP contribution in [0.2, 0.25) is 0 Å². The van der Waals surface area contributed by atoms with Crippen LogP contribution in [-0.2, 0) is 15.7 Å². The van der Waals surface area contributed by atoms with Gasteiger partial charge in [-0.15, -0.1) is 0 Å². The maximum Gasteiger partial charge on any atom is 0.416 e. The quantitative estimate of drug-likeness (QED) is 0.674. The normalized spacial score (nSPS) is 12.5. The average Bonchev–Trinajstić information content (AvgIpc) is 2.67. The van der Waals surface area contributed by atoms with E-state index >= 15 is 0 Å². The highest BCUT2D eigenvalue weighted by atomic mass is 19.4. The van der Waals surface area contributed by atoms with Crippen LogP contribution in [0.3, 0.4) is 0 Å². The Hall–Kier alpha value is -2.68. The lowest BCUT2D eigenvalue weighted by atomic mass is 10.1. The van der Waals surface area contributed by atoms with Crippen LogP contribution in [0.4, 0.5) is 19.0 Å². The highest BCUT2D eigenvalue weighted by Gasteiger charge is 2.30. The minimum absolute atomic E-state index is 0.117. The SMILES string of the molecule is CCOC(=O)c1cnc(-c2ccc(C(F)(F)F)cc2)nc1NC(CC)COC. The monoisotopic (exact) mass is 397 g/mol. The van der Waals surface area contributed by atoms with Crippen LogP contribution in [0.1, 0.15) is 36.2 Å². The first-order valence-electron chi connectivity index (χ1n) is 8.77. The van der Waals surface area contributed by atoms with E-state index in [4.69, 9.17) is 9.47 Å². The van der Waals surface area contributed by atoms with Crippen LogP contribution in [0.5, 0.6) is 0 Å². The van der Waals surface area contributed by atoms with Gasteiger partial charge in [0, 0.05) is 18.9 Å². The second-order valence-electron chi connectivity index (χ2n) is 5.96. The first-order valence-corrected chi connectivity index (χ1v) is 8.77. The van der Waals surface area contributed by atoms with Crippen molar-refractivity contribution in [2.75, 3.05) is 25.6 Å². The molecule has 152 valence electrons. The van der Waals surface area contributed by atoms with E-state index in [1.54, 1.807) is 14.0 Å². The Morgan fingerprint density at radius 1 is 1.21 bits per heavy atom. The summed E-state index contributed by atoms with van der Waals surface area (Å²) >= 11 is 0. The van der Waals surface area contributed by atoms with Crippen molar-refractivity contribution in [3.8, 4) is 11.4 Å². The molecule has 1 aromatic heterocycles. The van der Waals surface area contributed by atoms with E-state index in [0.717, 1.165) is 12.1 Å². The Bertz CT molecular complexity index is 795. The molecule has 2 rings (SSSR count). The van der Waals surface area contributed by atoms with Crippen LogP contribution < -0.4 is 5.32 Å². The Morgan fingerprint density at radius 3 is 2.43 bits per heavy atom. The maximum absolute atomic E-state index is 12.8. The summed E-state index contributed by atoms with van der Waals surface area (Å²) in [7, 11) is 1.56. The van der Waals surface area contributed by atoms with Gasteiger partial charge in [0.25, 0.3) is 0 Å². The molecule has 9 heteroatoms. The lowest BCUT2D eigenvalue weighted by molar-refractivity contribution is -0.137. The Labute approximate surface area is 161 Å². The molecule has 0 aliphatic rings. The zero-order valence-electron chi connectivity index (χ0n) is 15.8. The van der Waals surface area contributed by atoms with Crippen molar-refractivity contribution in [1.82, 2.24) is 9.97 Å². The summed E-state index contributed by atoms with van der Waals surface area (Å²) < 4.78 is 48.4. The number of methoxy groups -OCH3 is 1. The van der Waals surface area contributed by atoms with Gasteiger partial charge >= 0.3 is 12.1 Å². The molecule has 0 saturated carbocycles. The molecule has 0 spiro atoms. The fourth-order valence-corrected chi connectivity index (χ4v) is 2.45. The van der Waals surface area contributed by atoms with Crippen LogP contribution in [0.25, 0.3) is 11.4 Å². The Kier molecular flexibility index (Phi) is 7.33. The number of hydrogen-bond donors (Lipinski definition) is 1. The molecule has 1 aromatic carbocycles. The van der Waals surface area contributed by atoms with Crippen LogP contribution >= 0.6 is 0 Å². The summed E-state index contributed by atoms with van der Waals surface area (Å²) in [5, 5.41) is 3.13. The largest absolute Gasteiger partial charge is 0.462 e. The molecule has 0 aliphatic carbocycles. The van der Waals surface area contributed by atoms with Crippen LogP contribution in [0.15, 0.2) is 30.5 Å². The predicted molar refractivity (Wildman–Crippen MR) is 98.0 cm³/mol. The molecule has 2 aromatic rings. The number of benzene rings is 1. The van der Waals surface area contributed by atoms with Crippen molar-refractivity contribution in [3.05, 3.63) is 41.6 Å². The zero-order valence-corrected chi connectivity index (χ0v) is 15.8. The standard InChI is InChI=1S/C19H22F3N3O3/c1-4-14(11-27-3)24-17-15(18(26)28-5-2)10-23-16(25-17)12-6-8-13(9-7-12)19(20,21)22/h6-10,14H,4-5,11H2,1-3H3,(H,23,24,25). The number of halogens is 3. The summed E-state index contributed by atoms with van der Waals surface area (Å²) in [5.41, 5.74) is -0.220. The third-order valence-corrected chi connectivity index (χ3v) is 3.96. The molecule has 0 fully saturated rings. The fraction of sp³-hybridized carbons (Fsp3) is 0.421. The van der Waals surface area contributed by atoms with E-state index in [1.165, 1.54) is 18.3 Å². The molecule has 0 saturated heterocycles. The van der Waals surface area contributed by atoms with E-state index in [2.05, 4.69) is 15.3 Å². The summed E-state index contributed by atoms with van der Waals surface area (Å²) in [6.45, 7) is 4.20. The van der Waals surface area contributed by atoms with Crippen LogP contribution in [-0.4, -0.2) is 42.3 Å². The second kappa shape index (κ2) is 9.50. The number of carbonyl (C=O) groups is 1. The van der Waals surface area contributed by atoms with Gasteiger partial charge < -0.3 is 14.8 Å². The van der Waals surface area contributed by atoms with Gasteiger partial charge in [-0.25, -0.2) is 14.8 Å². The third-order valence-electron chi connectivity index (χ3n) is 3.96. The number of rotatable bonds is 8. The number of aromatic nitrogens is 2. The third kappa shape index (κ3) is 5.41. The van der Waals surface area contributed by atoms with Gasteiger partial charge in [-0.05, 0) is 25.5 Å². The molecule has 1 heterocycles. The first kappa shape index (κ1) is 21.6. The van der Waals surface area contributed by atoms with Gasteiger partial charge in [-0.2, -0.15) is 13.2 Å². The summed E-state index contributed by atoms with van der Waals surface area (Å²) in [6, 6.07) is 4.39. The molecule has 28 heavy (non-hydrogen) atoms. The van der Waals surface area contributed by atoms with Crippen LogP contribution in [0, 0.1) is 0 Å². The van der Waals surface area contributed by atoms with E-state index in [0.29, 0.717) is 18.6 Å². The van der Waals surface area contributed by atoms with E-state index in [1.807, 2.05) is 6.92 Å². The van der Waals surface area contributed by atoms with Crippen molar-refractivity contribution in [1.29, 1.82) is 0 Å². The van der Waals surface area contributed by atoms with Crippen molar-refractivity contribution in [2.45, 2.75) is 32.5 Å². The maximum atomic E-state index is 12.8. The number of nitrogens with zero attached hydrogens (tertiary/aromatic N) is 2. The van der Waals surface area contributed by atoms with Gasteiger partial charge in [-0.1, -0.05) is 19.1 Å². The number of carbonyl (C=O) groups excluding carboxylic acids is 1. The van der Waals surface area contributed by atoms with Gasteiger partial charge in [-0.3, -0.25) is 0 Å². The lowest BCUT2D eigenvalue weighted by Crippen LogP contribution is -2.26. The Morgan fingerprint density at radius 2 is 1.89 bits per heavy atom. The molecule has 0 bridgehead atoms. The summed E-state index contributed by atoms with van der Waals surface area (Å²) in [4.78, 5) is 20.7. The summed E-state index contributed by atoms with van der Waals surface area (Å²) in [5.74, 6) is -0.153. The van der Waals surface area contributed by atoms with Crippen molar-refractivity contribution in [2.24, 2.45) is 0 Å². The van der Waals surface area contributed by atoms with Gasteiger partial charge in [0.1, 0.15) is 11.4 Å². The smallest absolute Gasteiger partial charge is 0.416 e. The first-order chi connectivity index (χ1) is 13.3. The zero-order chi connectivity index (χ0) is 20.7. The highest BCUT2D eigenvalue weighted by molar-refractivity contribution is 5.94. The average molecular weight is 397 g/mol. The number of alkyl halides is 3. The molecular formula is C19H22F3N3O3. The van der Waals surface area contributed by atoms with Crippen molar-refractivity contribution < 1.29 is 27.4 Å². The van der Waals surface area contributed by atoms with E-state index in [-0.39, 0.29) is 29.9 Å².